The molecule has 0 saturated carbocycles. The number of imidazole rings is 1. The second kappa shape index (κ2) is 4.03. The summed E-state index contributed by atoms with van der Waals surface area (Å²) < 4.78 is 11.8. The summed E-state index contributed by atoms with van der Waals surface area (Å²) in [4.78, 5) is 16.0. The van der Waals surface area contributed by atoms with Crippen molar-refractivity contribution in [3.05, 3.63) is 48.5 Å². The molecule has 3 rings (SSSR count). The van der Waals surface area contributed by atoms with Crippen molar-refractivity contribution < 1.29 is 13.9 Å². The first-order chi connectivity index (χ1) is 8.79. The first-order valence-corrected chi connectivity index (χ1v) is 5.39. The lowest BCUT2D eigenvalue weighted by Gasteiger charge is -2.00. The van der Waals surface area contributed by atoms with Gasteiger partial charge in [-0.15, -0.1) is 0 Å². The molecule has 0 aromatic carbocycles. The Labute approximate surface area is 103 Å². The van der Waals surface area contributed by atoms with Crippen molar-refractivity contribution in [1.29, 1.82) is 0 Å². The first-order valence-electron chi connectivity index (χ1n) is 5.39. The Morgan fingerprint density at radius 1 is 1.39 bits per heavy atom. The van der Waals surface area contributed by atoms with Crippen molar-refractivity contribution in [1.82, 2.24) is 9.38 Å². The summed E-state index contributed by atoms with van der Waals surface area (Å²) in [5.41, 5.74) is 1.66. The van der Waals surface area contributed by atoms with Crippen LogP contribution in [0.5, 0.6) is 0 Å². The molecule has 0 unspecified atom stereocenters. The minimum atomic E-state index is -0.405. The minimum Gasteiger partial charge on any atom is -0.465 e. The molecule has 0 amide bonds. The quantitative estimate of drug-likeness (QED) is 0.647. The van der Waals surface area contributed by atoms with Gasteiger partial charge in [-0.3, -0.25) is 0 Å². The van der Waals surface area contributed by atoms with Crippen LogP contribution < -0.4 is 0 Å². The van der Waals surface area contributed by atoms with Crippen LogP contribution in [0, 0.1) is 0 Å². The molecule has 3 aromatic rings. The largest absolute Gasteiger partial charge is 0.465 e. The van der Waals surface area contributed by atoms with Gasteiger partial charge in [-0.2, -0.15) is 0 Å². The zero-order valence-electron chi connectivity index (χ0n) is 9.66. The van der Waals surface area contributed by atoms with Gasteiger partial charge in [0.15, 0.2) is 11.4 Å². The summed E-state index contributed by atoms with van der Waals surface area (Å²) >= 11 is 0. The third-order valence-corrected chi connectivity index (χ3v) is 2.66. The van der Waals surface area contributed by atoms with Crippen LogP contribution in [0.4, 0.5) is 0 Å². The number of fused-ring (bicyclic) bond motifs is 1. The molecule has 0 spiro atoms. The molecular formula is C13H10N2O3. The number of carbonyl (C=O) groups is 1. The molecule has 0 fully saturated rings. The Morgan fingerprint density at radius 3 is 3.00 bits per heavy atom. The average molecular weight is 242 g/mol. The highest BCUT2D eigenvalue weighted by atomic mass is 16.5. The molecule has 3 aromatic heterocycles. The highest BCUT2D eigenvalue weighted by molar-refractivity contribution is 5.96. The zero-order valence-corrected chi connectivity index (χ0v) is 9.66. The second-order valence-corrected chi connectivity index (χ2v) is 3.75. The van der Waals surface area contributed by atoms with Gasteiger partial charge in [-0.25, -0.2) is 9.78 Å². The van der Waals surface area contributed by atoms with E-state index in [1.165, 1.54) is 7.11 Å². The molecule has 90 valence electrons. The summed E-state index contributed by atoms with van der Waals surface area (Å²) in [6.45, 7) is 0. The number of carbonyl (C=O) groups excluding carboxylic acids is 1. The highest BCUT2D eigenvalue weighted by Gasteiger charge is 2.14. The molecule has 0 radical (unpaired) electrons. The van der Waals surface area contributed by atoms with Gasteiger partial charge in [0.2, 0.25) is 0 Å². The number of hydrogen-bond acceptors (Lipinski definition) is 4. The Morgan fingerprint density at radius 2 is 2.28 bits per heavy atom. The maximum atomic E-state index is 11.6. The van der Waals surface area contributed by atoms with Crippen LogP contribution in [0.25, 0.3) is 17.1 Å². The van der Waals surface area contributed by atoms with E-state index >= 15 is 0 Å². The van der Waals surface area contributed by atoms with Gasteiger partial charge in [-0.1, -0.05) is 0 Å². The molecule has 5 nitrogen and oxygen atoms in total. The van der Waals surface area contributed by atoms with Crippen molar-refractivity contribution in [2.45, 2.75) is 0 Å². The predicted octanol–water partition coefficient (Wildman–Crippen LogP) is 2.38. The van der Waals surface area contributed by atoms with Crippen molar-refractivity contribution in [3.63, 3.8) is 0 Å². The fourth-order valence-electron chi connectivity index (χ4n) is 1.83. The van der Waals surface area contributed by atoms with E-state index in [9.17, 15) is 4.79 Å². The Kier molecular flexibility index (Phi) is 2.37. The standard InChI is InChI=1S/C13H10N2O3/c1-17-13(16)9-4-2-6-15-8-10(14-12(9)15)11-5-3-7-18-11/h2-8H,1H3. The summed E-state index contributed by atoms with van der Waals surface area (Å²) in [7, 11) is 1.35. The molecular weight excluding hydrogens is 232 g/mol. The third kappa shape index (κ3) is 1.57. The van der Waals surface area contributed by atoms with Crippen LogP contribution >= 0.6 is 0 Å². The number of methoxy groups -OCH3 is 1. The van der Waals surface area contributed by atoms with Crippen LogP contribution in [-0.2, 0) is 4.74 Å². The lowest BCUT2D eigenvalue weighted by Crippen LogP contribution is -2.03. The van der Waals surface area contributed by atoms with Crippen molar-refractivity contribution in [2.24, 2.45) is 0 Å². The van der Waals surface area contributed by atoms with E-state index < -0.39 is 5.97 Å². The number of esters is 1. The Hall–Kier alpha value is -2.56. The molecule has 18 heavy (non-hydrogen) atoms. The highest BCUT2D eigenvalue weighted by Crippen LogP contribution is 2.21. The number of nitrogens with zero attached hydrogens (tertiary/aromatic N) is 2. The molecule has 0 aliphatic heterocycles. The minimum absolute atomic E-state index is 0.405. The van der Waals surface area contributed by atoms with Gasteiger partial charge in [0.1, 0.15) is 11.3 Å². The van der Waals surface area contributed by atoms with E-state index in [2.05, 4.69) is 4.98 Å². The summed E-state index contributed by atoms with van der Waals surface area (Å²) in [6.07, 6.45) is 5.21. The van der Waals surface area contributed by atoms with Crippen molar-refractivity contribution in [3.8, 4) is 11.5 Å². The predicted molar refractivity (Wildman–Crippen MR) is 64.2 cm³/mol. The smallest absolute Gasteiger partial charge is 0.341 e. The van der Waals surface area contributed by atoms with Gasteiger partial charge >= 0.3 is 5.97 Å². The van der Waals surface area contributed by atoms with E-state index in [4.69, 9.17) is 9.15 Å². The zero-order chi connectivity index (χ0) is 12.5. The van der Waals surface area contributed by atoms with Crippen LogP contribution in [0.15, 0.2) is 47.3 Å². The van der Waals surface area contributed by atoms with Gasteiger partial charge < -0.3 is 13.6 Å². The normalized spacial score (nSPS) is 10.7. The van der Waals surface area contributed by atoms with Crippen molar-refractivity contribution >= 4 is 11.6 Å². The van der Waals surface area contributed by atoms with Gasteiger partial charge in [0.25, 0.3) is 0 Å². The number of pyridine rings is 1. The molecule has 5 heteroatoms. The molecule has 0 atom stereocenters. The van der Waals surface area contributed by atoms with E-state index in [0.717, 1.165) is 0 Å². The fraction of sp³-hybridized carbons (Fsp3) is 0.0769. The molecule has 0 bridgehead atoms. The maximum Gasteiger partial charge on any atom is 0.341 e. The number of ether oxygens (including phenoxy) is 1. The Bertz CT molecular complexity index is 698. The van der Waals surface area contributed by atoms with E-state index in [0.29, 0.717) is 22.7 Å². The summed E-state index contributed by atoms with van der Waals surface area (Å²) in [5.74, 6) is 0.256. The summed E-state index contributed by atoms with van der Waals surface area (Å²) in [5, 5.41) is 0. The number of aromatic nitrogens is 2. The first kappa shape index (κ1) is 10.6. The third-order valence-electron chi connectivity index (χ3n) is 2.66. The van der Waals surface area contributed by atoms with Crippen LogP contribution in [0.1, 0.15) is 10.4 Å². The van der Waals surface area contributed by atoms with E-state index in [-0.39, 0.29) is 0 Å². The lowest BCUT2D eigenvalue weighted by atomic mass is 10.3. The second-order valence-electron chi connectivity index (χ2n) is 3.75. The number of hydrogen-bond donors (Lipinski definition) is 0. The monoisotopic (exact) mass is 242 g/mol. The number of rotatable bonds is 2. The van der Waals surface area contributed by atoms with Gasteiger partial charge in [-0.05, 0) is 24.3 Å². The molecule has 0 N–H and O–H groups in total. The molecule has 0 saturated heterocycles. The van der Waals surface area contributed by atoms with Crippen molar-refractivity contribution in [2.75, 3.05) is 7.11 Å². The molecule has 0 aliphatic carbocycles. The van der Waals surface area contributed by atoms with Crippen LogP contribution in [-0.4, -0.2) is 22.5 Å². The van der Waals surface area contributed by atoms with Gasteiger partial charge in [0.05, 0.1) is 13.4 Å². The lowest BCUT2D eigenvalue weighted by molar-refractivity contribution is 0.0602. The van der Waals surface area contributed by atoms with E-state index in [1.807, 2.05) is 12.3 Å². The summed E-state index contributed by atoms with van der Waals surface area (Å²) in [6, 6.07) is 7.06. The number of furan rings is 1. The van der Waals surface area contributed by atoms with E-state index in [1.54, 1.807) is 35.1 Å². The average Bonchev–Trinajstić information content (AvgIpc) is 3.04. The SMILES string of the molecule is COC(=O)c1cccn2cc(-c3ccco3)nc12. The topological polar surface area (TPSA) is 56.7 Å². The molecule has 0 aliphatic rings. The maximum absolute atomic E-state index is 11.6. The Balaban J connectivity index is 2.20. The molecule has 3 heterocycles. The van der Waals surface area contributed by atoms with Gasteiger partial charge in [0, 0.05) is 12.4 Å². The fourth-order valence-corrected chi connectivity index (χ4v) is 1.83. The van der Waals surface area contributed by atoms with Crippen LogP contribution in [0.3, 0.4) is 0 Å². The van der Waals surface area contributed by atoms with Crippen LogP contribution in [0.2, 0.25) is 0 Å².